The van der Waals surface area contributed by atoms with E-state index in [0.717, 1.165) is 36.2 Å². The Balaban J connectivity index is 1.98. The molecule has 196 valence electrons. The van der Waals surface area contributed by atoms with Crippen LogP contribution in [0.1, 0.15) is 44.6 Å². The number of nitrogens with zero attached hydrogens (tertiary/aromatic N) is 2. The van der Waals surface area contributed by atoms with Crippen molar-refractivity contribution in [2.45, 2.75) is 57.7 Å². The molecule has 7 nitrogen and oxygen atoms in total. The van der Waals surface area contributed by atoms with Gasteiger partial charge >= 0.3 is 0 Å². The Morgan fingerprint density at radius 2 is 1.69 bits per heavy atom. The topological polar surface area (TPSA) is 86.8 Å². The van der Waals surface area contributed by atoms with Crippen molar-refractivity contribution in [1.29, 1.82) is 0 Å². The predicted octanol–water partition coefficient (Wildman–Crippen LogP) is 5.39. The van der Waals surface area contributed by atoms with Crippen LogP contribution in [-0.2, 0) is 26.2 Å². The van der Waals surface area contributed by atoms with Gasteiger partial charge in [-0.3, -0.25) is 13.9 Å². The van der Waals surface area contributed by atoms with E-state index >= 15 is 0 Å². The largest absolute Gasteiger partial charge is 0.352 e. The van der Waals surface area contributed by atoms with Gasteiger partial charge in [-0.05, 0) is 59.5 Å². The Labute approximate surface area is 231 Å². The van der Waals surface area contributed by atoms with Gasteiger partial charge in [0.05, 0.1) is 11.9 Å². The van der Waals surface area contributed by atoms with E-state index in [2.05, 4.69) is 21.2 Å². The first kappa shape index (κ1) is 28.8. The highest BCUT2D eigenvalue weighted by Crippen LogP contribution is 2.30. The maximum absolute atomic E-state index is 13.8. The third kappa shape index (κ3) is 7.15. The van der Waals surface area contributed by atoms with E-state index in [1.54, 1.807) is 42.5 Å². The molecule has 0 spiro atoms. The number of halogens is 3. The van der Waals surface area contributed by atoms with E-state index in [1.165, 1.54) is 4.90 Å². The lowest BCUT2D eigenvalue weighted by Crippen LogP contribution is -2.53. The first-order chi connectivity index (χ1) is 17.0. The third-order valence-corrected chi connectivity index (χ3v) is 8.78. The van der Waals surface area contributed by atoms with Gasteiger partial charge in [-0.15, -0.1) is 0 Å². The van der Waals surface area contributed by atoms with Gasteiger partial charge in [0.15, 0.2) is 0 Å². The molecule has 1 saturated carbocycles. The van der Waals surface area contributed by atoms with Gasteiger partial charge in [0, 0.05) is 32.7 Å². The van der Waals surface area contributed by atoms with Crippen LogP contribution in [0.25, 0.3) is 0 Å². The number of sulfonamides is 1. The summed E-state index contributed by atoms with van der Waals surface area (Å²) in [6.45, 7) is 1.29. The third-order valence-electron chi connectivity index (χ3n) is 6.28. The molecule has 0 radical (unpaired) electrons. The van der Waals surface area contributed by atoms with Crippen LogP contribution in [0.3, 0.4) is 0 Å². The van der Waals surface area contributed by atoms with Crippen LogP contribution in [0.4, 0.5) is 5.69 Å². The van der Waals surface area contributed by atoms with Crippen LogP contribution in [0.15, 0.2) is 46.9 Å². The van der Waals surface area contributed by atoms with Crippen molar-refractivity contribution in [2.75, 3.05) is 17.1 Å². The summed E-state index contributed by atoms with van der Waals surface area (Å²) < 4.78 is 27.0. The smallest absolute Gasteiger partial charge is 0.244 e. The Kier molecular flexibility index (Phi) is 10.1. The second kappa shape index (κ2) is 12.6. The van der Waals surface area contributed by atoms with Crippen LogP contribution in [0.2, 0.25) is 10.0 Å². The molecule has 1 atom stereocenters. The van der Waals surface area contributed by atoms with Crippen molar-refractivity contribution in [3.8, 4) is 0 Å². The van der Waals surface area contributed by atoms with Gasteiger partial charge in [0.25, 0.3) is 0 Å². The van der Waals surface area contributed by atoms with Gasteiger partial charge in [-0.1, -0.05) is 61.2 Å². The molecule has 2 aromatic rings. The average molecular weight is 619 g/mol. The minimum absolute atomic E-state index is 0.0402. The molecule has 1 fully saturated rings. The van der Waals surface area contributed by atoms with Gasteiger partial charge in [-0.2, -0.15) is 0 Å². The highest BCUT2D eigenvalue weighted by atomic mass is 79.9. The van der Waals surface area contributed by atoms with Crippen LogP contribution in [0, 0.1) is 0 Å². The maximum Gasteiger partial charge on any atom is 0.244 e. The second-order valence-electron chi connectivity index (χ2n) is 8.86. The number of para-hydroxylation sites is 1. The summed E-state index contributed by atoms with van der Waals surface area (Å²) in [5.41, 5.74) is 0.820. The Hall–Kier alpha value is -1.81. The molecule has 11 heteroatoms. The number of rotatable bonds is 10. The minimum Gasteiger partial charge on any atom is -0.352 e. The number of hydrogen-bond acceptors (Lipinski definition) is 4. The van der Waals surface area contributed by atoms with Crippen LogP contribution < -0.4 is 9.62 Å². The van der Waals surface area contributed by atoms with Crippen molar-refractivity contribution in [3.63, 3.8) is 0 Å². The van der Waals surface area contributed by atoms with Crippen molar-refractivity contribution in [3.05, 3.63) is 62.5 Å². The Morgan fingerprint density at radius 1 is 1.08 bits per heavy atom. The molecule has 0 aromatic heterocycles. The number of hydrogen-bond donors (Lipinski definition) is 1. The summed E-state index contributed by atoms with van der Waals surface area (Å²) in [5.74, 6) is -0.812. The number of amides is 2. The van der Waals surface area contributed by atoms with E-state index in [-0.39, 0.29) is 18.5 Å². The average Bonchev–Trinajstić information content (AvgIpc) is 3.32. The predicted molar refractivity (Wildman–Crippen MR) is 148 cm³/mol. The van der Waals surface area contributed by atoms with Gasteiger partial charge in [0.2, 0.25) is 21.8 Å². The Morgan fingerprint density at radius 3 is 2.25 bits per heavy atom. The van der Waals surface area contributed by atoms with Gasteiger partial charge in [-0.25, -0.2) is 8.42 Å². The molecule has 0 aliphatic heterocycles. The molecule has 1 N–H and O–H groups in total. The first-order valence-electron chi connectivity index (χ1n) is 11.8. The van der Waals surface area contributed by atoms with E-state index < -0.39 is 28.5 Å². The molecular weight excluding hydrogens is 589 g/mol. The summed E-state index contributed by atoms with van der Waals surface area (Å²) in [6.07, 6.45) is 5.27. The standard InChI is InChI=1S/C25H30BrCl2N3O4S/c1-3-22(25(33)29-17-9-4-5-10-17)30(15-18-20(27)12-8-13-21(18)28)24(32)16-31(36(2,34)35)23-14-7-6-11-19(23)26/h6-8,11-14,17,22H,3-5,9-10,15-16H2,1-2H3,(H,29,33). The molecule has 3 rings (SSSR count). The molecule has 0 bridgehead atoms. The van der Waals surface area contributed by atoms with Crippen LogP contribution in [-0.4, -0.2) is 50.0 Å². The lowest BCUT2D eigenvalue weighted by Gasteiger charge is -2.34. The van der Waals surface area contributed by atoms with E-state index in [9.17, 15) is 18.0 Å². The van der Waals surface area contributed by atoms with Crippen molar-refractivity contribution < 1.29 is 18.0 Å². The summed E-state index contributed by atoms with van der Waals surface area (Å²) in [4.78, 5) is 28.5. The lowest BCUT2D eigenvalue weighted by atomic mass is 10.1. The van der Waals surface area contributed by atoms with E-state index in [1.807, 2.05) is 6.92 Å². The summed E-state index contributed by atoms with van der Waals surface area (Å²) in [6, 6.07) is 11.0. The lowest BCUT2D eigenvalue weighted by molar-refractivity contribution is -0.140. The molecule has 2 aromatic carbocycles. The zero-order valence-corrected chi connectivity index (χ0v) is 24.1. The second-order valence-corrected chi connectivity index (χ2v) is 12.4. The molecule has 1 aliphatic carbocycles. The van der Waals surface area contributed by atoms with Gasteiger partial charge in [0.1, 0.15) is 12.6 Å². The van der Waals surface area contributed by atoms with E-state index in [4.69, 9.17) is 23.2 Å². The van der Waals surface area contributed by atoms with Crippen molar-refractivity contribution in [1.82, 2.24) is 10.2 Å². The molecule has 1 unspecified atom stereocenters. The van der Waals surface area contributed by atoms with Crippen LogP contribution in [0.5, 0.6) is 0 Å². The normalized spacial score (nSPS) is 14.9. The molecular formula is C25H30BrCl2N3O4S. The zero-order valence-electron chi connectivity index (χ0n) is 20.2. The van der Waals surface area contributed by atoms with E-state index in [0.29, 0.717) is 32.2 Å². The number of nitrogens with one attached hydrogen (secondary N) is 1. The summed E-state index contributed by atoms with van der Waals surface area (Å²) in [7, 11) is -3.83. The zero-order chi connectivity index (χ0) is 26.5. The van der Waals surface area contributed by atoms with Crippen molar-refractivity contribution >= 4 is 66.7 Å². The summed E-state index contributed by atoms with van der Waals surface area (Å²) >= 11 is 16.2. The SMILES string of the molecule is CCC(C(=O)NC1CCCC1)N(Cc1c(Cl)cccc1Cl)C(=O)CN(c1ccccc1Br)S(C)(=O)=O. The fraction of sp³-hybridized carbons (Fsp3) is 0.440. The molecule has 0 heterocycles. The highest BCUT2D eigenvalue weighted by Gasteiger charge is 2.34. The van der Waals surface area contributed by atoms with Gasteiger partial charge < -0.3 is 10.2 Å². The minimum atomic E-state index is -3.83. The highest BCUT2D eigenvalue weighted by molar-refractivity contribution is 9.10. The number of carbonyl (C=O) groups excluding carboxylic acids is 2. The quantitative estimate of drug-likeness (QED) is 0.387. The molecule has 0 saturated heterocycles. The molecule has 36 heavy (non-hydrogen) atoms. The molecule has 1 aliphatic rings. The number of carbonyl (C=O) groups is 2. The fourth-order valence-corrected chi connectivity index (χ4v) is 6.38. The Bertz CT molecular complexity index is 1190. The maximum atomic E-state index is 13.8. The molecule has 2 amide bonds. The first-order valence-corrected chi connectivity index (χ1v) is 15.2. The van der Waals surface area contributed by atoms with Crippen molar-refractivity contribution in [2.24, 2.45) is 0 Å². The monoisotopic (exact) mass is 617 g/mol. The summed E-state index contributed by atoms with van der Waals surface area (Å²) in [5, 5.41) is 3.78. The van der Waals surface area contributed by atoms with Crippen LogP contribution >= 0.6 is 39.1 Å². The number of anilines is 1. The number of benzene rings is 2. The fourth-order valence-electron chi connectivity index (χ4n) is 4.39.